The van der Waals surface area contributed by atoms with Gasteiger partial charge >= 0.3 is 5.97 Å². The molecule has 0 saturated carbocycles. The van der Waals surface area contributed by atoms with Gasteiger partial charge in [-0.2, -0.15) is 0 Å². The van der Waals surface area contributed by atoms with Crippen molar-refractivity contribution in [2.45, 2.75) is 5.33 Å². The summed E-state index contributed by atoms with van der Waals surface area (Å²) in [7, 11) is 0. The van der Waals surface area contributed by atoms with Gasteiger partial charge in [-0.25, -0.2) is 4.79 Å². The molecular formula is C8H5BrClNO4. The lowest BCUT2D eigenvalue weighted by Crippen LogP contribution is -2.03. The highest BCUT2D eigenvalue weighted by molar-refractivity contribution is 9.08. The highest BCUT2D eigenvalue weighted by Gasteiger charge is 2.21. The first-order valence-electron chi connectivity index (χ1n) is 3.73. The van der Waals surface area contributed by atoms with E-state index in [2.05, 4.69) is 15.9 Å². The summed E-state index contributed by atoms with van der Waals surface area (Å²) in [6.07, 6.45) is 0. The Kier molecular flexibility index (Phi) is 3.65. The van der Waals surface area contributed by atoms with Gasteiger partial charge in [0.15, 0.2) is 0 Å². The van der Waals surface area contributed by atoms with Gasteiger partial charge in [-0.3, -0.25) is 10.1 Å². The zero-order valence-corrected chi connectivity index (χ0v) is 9.58. The van der Waals surface area contributed by atoms with Crippen molar-refractivity contribution in [2.24, 2.45) is 0 Å². The number of carboxylic acids is 1. The number of carboxylic acid groups (broad SMARTS) is 1. The molecule has 5 nitrogen and oxygen atoms in total. The molecule has 0 unspecified atom stereocenters. The maximum Gasteiger partial charge on any atom is 0.342 e. The second-order valence-electron chi connectivity index (χ2n) is 2.66. The minimum absolute atomic E-state index is 0.170. The van der Waals surface area contributed by atoms with Gasteiger partial charge in [-0.1, -0.05) is 27.5 Å². The van der Waals surface area contributed by atoms with Crippen molar-refractivity contribution in [3.8, 4) is 0 Å². The Labute approximate surface area is 97.9 Å². The maximum absolute atomic E-state index is 10.7. The summed E-state index contributed by atoms with van der Waals surface area (Å²) in [6, 6.07) is 2.24. The summed E-state index contributed by atoms with van der Waals surface area (Å²) in [4.78, 5) is 20.5. The number of benzene rings is 1. The predicted octanol–water partition coefficient (Wildman–Crippen LogP) is 2.84. The highest BCUT2D eigenvalue weighted by atomic mass is 79.9. The Morgan fingerprint density at radius 2 is 2.20 bits per heavy atom. The molecule has 1 aromatic rings. The van der Waals surface area contributed by atoms with Crippen molar-refractivity contribution in [1.29, 1.82) is 0 Å². The Morgan fingerprint density at radius 1 is 1.60 bits per heavy atom. The van der Waals surface area contributed by atoms with Gasteiger partial charge in [0.25, 0.3) is 5.69 Å². The lowest BCUT2D eigenvalue weighted by atomic mass is 10.1. The Balaban J connectivity index is 3.45. The second kappa shape index (κ2) is 4.59. The van der Waals surface area contributed by atoms with Crippen LogP contribution in [0.15, 0.2) is 12.1 Å². The third-order valence-corrected chi connectivity index (χ3v) is 2.69. The topological polar surface area (TPSA) is 80.4 Å². The number of hydrogen-bond acceptors (Lipinski definition) is 3. The highest BCUT2D eigenvalue weighted by Crippen LogP contribution is 2.28. The Hall–Kier alpha value is -1.14. The van der Waals surface area contributed by atoms with Crippen LogP contribution in [0.4, 0.5) is 5.69 Å². The van der Waals surface area contributed by atoms with Gasteiger partial charge in [0.05, 0.1) is 9.95 Å². The van der Waals surface area contributed by atoms with Crippen LogP contribution in [0.2, 0.25) is 5.02 Å². The van der Waals surface area contributed by atoms with Gasteiger partial charge in [-0.05, 0) is 11.6 Å². The lowest BCUT2D eigenvalue weighted by Gasteiger charge is -2.03. The van der Waals surface area contributed by atoms with Crippen molar-refractivity contribution < 1.29 is 14.8 Å². The fraction of sp³-hybridized carbons (Fsp3) is 0.125. The number of halogens is 2. The molecule has 0 aliphatic rings. The van der Waals surface area contributed by atoms with Crippen molar-refractivity contribution >= 4 is 39.2 Å². The van der Waals surface area contributed by atoms with Crippen LogP contribution in [0.5, 0.6) is 0 Å². The largest absolute Gasteiger partial charge is 0.477 e. The first-order chi connectivity index (χ1) is 6.97. The molecule has 1 aromatic carbocycles. The van der Waals surface area contributed by atoms with Gasteiger partial charge in [0, 0.05) is 11.4 Å². The molecule has 15 heavy (non-hydrogen) atoms. The minimum atomic E-state index is -1.35. The molecule has 0 aromatic heterocycles. The summed E-state index contributed by atoms with van der Waals surface area (Å²) in [6.45, 7) is 0. The van der Waals surface area contributed by atoms with E-state index in [0.717, 1.165) is 6.07 Å². The van der Waals surface area contributed by atoms with Gasteiger partial charge in [0.1, 0.15) is 5.56 Å². The first-order valence-corrected chi connectivity index (χ1v) is 5.23. The molecule has 0 saturated heterocycles. The van der Waals surface area contributed by atoms with Crippen molar-refractivity contribution in [1.82, 2.24) is 0 Å². The van der Waals surface area contributed by atoms with Crippen LogP contribution in [0.25, 0.3) is 0 Å². The quantitative estimate of drug-likeness (QED) is 0.528. The van der Waals surface area contributed by atoms with Crippen LogP contribution in [0.1, 0.15) is 15.9 Å². The standard InChI is InChI=1S/C8H5BrClNO4/c9-3-4-1-5(8(12)13)7(11(14)15)2-6(4)10/h1-2H,3H2,(H,12,13). The van der Waals surface area contributed by atoms with E-state index in [0.29, 0.717) is 10.9 Å². The molecular weight excluding hydrogens is 289 g/mol. The van der Waals surface area contributed by atoms with Crippen molar-refractivity contribution in [2.75, 3.05) is 0 Å². The fourth-order valence-corrected chi connectivity index (χ4v) is 1.88. The number of hydrogen-bond donors (Lipinski definition) is 1. The van der Waals surface area contributed by atoms with E-state index in [9.17, 15) is 14.9 Å². The lowest BCUT2D eigenvalue weighted by molar-refractivity contribution is -0.385. The summed E-state index contributed by atoms with van der Waals surface area (Å²) >= 11 is 8.83. The van der Waals surface area contributed by atoms with Crippen LogP contribution in [0, 0.1) is 10.1 Å². The average Bonchev–Trinajstić information content (AvgIpc) is 2.16. The molecule has 0 aliphatic carbocycles. The van der Waals surface area contributed by atoms with Crippen LogP contribution in [-0.4, -0.2) is 16.0 Å². The normalized spacial score (nSPS) is 10.0. The molecule has 80 valence electrons. The van der Waals surface area contributed by atoms with E-state index >= 15 is 0 Å². The molecule has 1 rings (SSSR count). The van der Waals surface area contributed by atoms with Gasteiger partial charge in [-0.15, -0.1) is 0 Å². The smallest absolute Gasteiger partial charge is 0.342 e. The van der Waals surface area contributed by atoms with Crippen LogP contribution in [-0.2, 0) is 5.33 Å². The third kappa shape index (κ3) is 2.45. The molecule has 0 bridgehead atoms. The van der Waals surface area contributed by atoms with Crippen LogP contribution < -0.4 is 0 Å². The van der Waals surface area contributed by atoms with E-state index < -0.39 is 16.6 Å². The predicted molar refractivity (Wildman–Crippen MR) is 57.7 cm³/mol. The molecule has 0 radical (unpaired) electrons. The number of rotatable bonds is 3. The molecule has 1 N–H and O–H groups in total. The number of carbonyl (C=O) groups is 1. The summed E-state index contributed by atoms with van der Waals surface area (Å²) in [5.41, 5.74) is -0.365. The maximum atomic E-state index is 10.7. The first kappa shape index (κ1) is 11.9. The van der Waals surface area contributed by atoms with Crippen molar-refractivity contribution in [3.63, 3.8) is 0 Å². The monoisotopic (exact) mass is 293 g/mol. The number of nitrogens with zero attached hydrogens (tertiary/aromatic N) is 1. The zero-order chi connectivity index (χ0) is 11.6. The van der Waals surface area contributed by atoms with Gasteiger partial charge < -0.3 is 5.11 Å². The number of nitro benzene ring substituents is 1. The fourth-order valence-electron chi connectivity index (χ4n) is 1.03. The SMILES string of the molecule is O=C(O)c1cc(CBr)c(Cl)cc1[N+](=O)[O-]. The van der Waals surface area contributed by atoms with E-state index in [4.69, 9.17) is 16.7 Å². The Bertz CT molecular complexity index is 435. The molecule has 0 amide bonds. The summed E-state index contributed by atoms with van der Waals surface area (Å²) in [5.74, 6) is -1.35. The molecule has 7 heteroatoms. The molecule has 0 spiro atoms. The molecule has 0 aliphatic heterocycles. The molecule has 0 atom stereocenters. The average molecular weight is 294 g/mol. The van der Waals surface area contributed by atoms with Gasteiger partial charge in [0.2, 0.25) is 0 Å². The third-order valence-electron chi connectivity index (χ3n) is 1.74. The Morgan fingerprint density at radius 3 is 2.60 bits per heavy atom. The minimum Gasteiger partial charge on any atom is -0.477 e. The number of alkyl halides is 1. The molecule has 0 heterocycles. The van der Waals surface area contributed by atoms with E-state index in [1.807, 2.05) is 0 Å². The molecule has 0 fully saturated rings. The van der Waals surface area contributed by atoms with Crippen molar-refractivity contribution in [3.05, 3.63) is 38.4 Å². The summed E-state index contributed by atoms with van der Waals surface area (Å²) < 4.78 is 0. The van der Waals surface area contributed by atoms with E-state index in [1.165, 1.54) is 6.07 Å². The van der Waals surface area contributed by atoms with Crippen LogP contribution in [0.3, 0.4) is 0 Å². The zero-order valence-electron chi connectivity index (χ0n) is 7.24. The van der Waals surface area contributed by atoms with E-state index in [-0.39, 0.29) is 10.6 Å². The summed E-state index contributed by atoms with van der Waals surface area (Å²) in [5, 5.41) is 19.8. The number of nitro groups is 1. The van der Waals surface area contributed by atoms with E-state index in [1.54, 1.807) is 0 Å². The second-order valence-corrected chi connectivity index (χ2v) is 3.62. The van der Waals surface area contributed by atoms with Crippen LogP contribution >= 0.6 is 27.5 Å². The number of aromatic carboxylic acids is 1.